The summed E-state index contributed by atoms with van der Waals surface area (Å²) in [6.45, 7) is 1.76. The molecule has 0 radical (unpaired) electrons. The van der Waals surface area contributed by atoms with E-state index >= 15 is 0 Å². The summed E-state index contributed by atoms with van der Waals surface area (Å²) in [5.41, 5.74) is 4.45. The van der Waals surface area contributed by atoms with E-state index in [2.05, 4.69) is 31.2 Å². The van der Waals surface area contributed by atoms with Gasteiger partial charge in [0.05, 0.1) is 17.7 Å². The molecule has 0 atom stereocenters. The van der Waals surface area contributed by atoms with Crippen molar-refractivity contribution in [3.63, 3.8) is 0 Å². The van der Waals surface area contributed by atoms with Crippen LogP contribution in [0.1, 0.15) is 22.8 Å². The lowest BCUT2D eigenvalue weighted by Crippen LogP contribution is -2.20. The van der Waals surface area contributed by atoms with E-state index in [1.54, 1.807) is 31.2 Å². The lowest BCUT2D eigenvalue weighted by Gasteiger charge is -2.10. The molecule has 9 heteroatoms. The molecule has 0 saturated heterocycles. The molecule has 0 unspecified atom stereocenters. The third kappa shape index (κ3) is 5.71. The van der Waals surface area contributed by atoms with E-state index in [9.17, 15) is 13.2 Å². The highest BCUT2D eigenvalue weighted by atomic mass is 79.9. The average molecular weight is 502 g/mol. The molecule has 7 nitrogen and oxygen atoms in total. The van der Waals surface area contributed by atoms with E-state index < -0.39 is 15.9 Å². The number of hydrogen-bond donors (Lipinski definition) is 2. The molecule has 0 saturated carbocycles. The third-order valence-electron chi connectivity index (χ3n) is 4.34. The molecule has 3 aromatic rings. The van der Waals surface area contributed by atoms with Crippen LogP contribution in [0, 0.1) is 0 Å². The van der Waals surface area contributed by atoms with Gasteiger partial charge in [-0.25, -0.2) is 13.8 Å². The maximum absolute atomic E-state index is 12.7. The summed E-state index contributed by atoms with van der Waals surface area (Å²) in [7, 11) is -2.35. The second-order valence-electron chi connectivity index (χ2n) is 6.48. The van der Waals surface area contributed by atoms with Crippen molar-refractivity contribution in [2.45, 2.75) is 11.8 Å². The largest absolute Gasteiger partial charge is 0.497 e. The summed E-state index contributed by atoms with van der Waals surface area (Å²) in [4.78, 5) is 12.5. The van der Waals surface area contributed by atoms with Gasteiger partial charge in [-0.2, -0.15) is 5.10 Å². The Morgan fingerprint density at radius 1 is 1.00 bits per heavy atom. The van der Waals surface area contributed by atoms with Gasteiger partial charge in [0.1, 0.15) is 5.75 Å². The van der Waals surface area contributed by atoms with Crippen LogP contribution in [0.2, 0.25) is 0 Å². The first-order valence-electron chi connectivity index (χ1n) is 9.16. The Morgan fingerprint density at radius 2 is 1.71 bits per heavy atom. The monoisotopic (exact) mass is 501 g/mol. The number of hydrazone groups is 1. The Bertz CT molecular complexity index is 1230. The Morgan fingerprint density at radius 3 is 2.39 bits per heavy atom. The van der Waals surface area contributed by atoms with Gasteiger partial charge in [0.25, 0.3) is 15.9 Å². The summed E-state index contributed by atoms with van der Waals surface area (Å²) < 4.78 is 33.8. The van der Waals surface area contributed by atoms with Crippen molar-refractivity contribution < 1.29 is 17.9 Å². The number of nitrogens with one attached hydrogen (secondary N) is 2. The molecule has 0 aliphatic carbocycles. The number of nitrogens with zero attached hydrogens (tertiary/aromatic N) is 1. The molecule has 160 valence electrons. The zero-order valence-corrected chi connectivity index (χ0v) is 19.2. The van der Waals surface area contributed by atoms with Gasteiger partial charge in [0.15, 0.2) is 0 Å². The van der Waals surface area contributed by atoms with E-state index in [0.717, 1.165) is 10.0 Å². The van der Waals surface area contributed by atoms with Gasteiger partial charge in [0, 0.05) is 21.3 Å². The number of rotatable bonds is 7. The van der Waals surface area contributed by atoms with Crippen molar-refractivity contribution in [3.05, 3.63) is 88.4 Å². The molecule has 0 aliphatic heterocycles. The first kappa shape index (κ1) is 22.5. The van der Waals surface area contributed by atoms with Crippen LogP contribution in [-0.2, 0) is 10.0 Å². The molecule has 0 aliphatic rings. The summed E-state index contributed by atoms with van der Waals surface area (Å²) in [6, 6.07) is 19.7. The molecule has 0 heterocycles. The molecule has 0 bridgehead atoms. The van der Waals surface area contributed by atoms with Gasteiger partial charge in [-0.1, -0.05) is 40.2 Å². The van der Waals surface area contributed by atoms with Crippen LogP contribution in [0.3, 0.4) is 0 Å². The smallest absolute Gasteiger partial charge is 0.271 e. The molecule has 0 aromatic heterocycles. The Labute approximate surface area is 189 Å². The molecular formula is C22H20BrN3O4S. The van der Waals surface area contributed by atoms with Crippen LogP contribution in [0.4, 0.5) is 5.69 Å². The molecule has 0 fully saturated rings. The lowest BCUT2D eigenvalue weighted by molar-refractivity contribution is 0.0954. The highest BCUT2D eigenvalue weighted by molar-refractivity contribution is 9.10. The van der Waals surface area contributed by atoms with Gasteiger partial charge in [0.2, 0.25) is 0 Å². The quantitative estimate of drug-likeness (QED) is 0.370. The highest BCUT2D eigenvalue weighted by Gasteiger charge is 2.17. The number of halogens is 1. The molecule has 3 aromatic carbocycles. The fourth-order valence-corrected chi connectivity index (χ4v) is 4.37. The predicted molar refractivity (Wildman–Crippen MR) is 124 cm³/mol. The van der Waals surface area contributed by atoms with Crippen LogP contribution >= 0.6 is 15.9 Å². The number of sulfonamides is 1. The lowest BCUT2D eigenvalue weighted by atomic mass is 10.1. The minimum Gasteiger partial charge on any atom is -0.497 e. The number of ether oxygens (including phenoxy) is 1. The van der Waals surface area contributed by atoms with Crippen molar-refractivity contribution in [3.8, 4) is 5.75 Å². The minimum absolute atomic E-state index is 0.0394. The molecule has 0 spiro atoms. The second kappa shape index (κ2) is 9.76. The third-order valence-corrected chi connectivity index (χ3v) is 6.41. The number of amides is 1. The van der Waals surface area contributed by atoms with Crippen molar-refractivity contribution in [1.29, 1.82) is 0 Å². The second-order valence-corrected chi connectivity index (χ2v) is 9.02. The number of methoxy groups -OCH3 is 1. The Hall–Kier alpha value is -3.17. The molecule has 1 amide bonds. The minimum atomic E-state index is -3.88. The van der Waals surface area contributed by atoms with Gasteiger partial charge in [-0.3, -0.25) is 9.52 Å². The topological polar surface area (TPSA) is 96.9 Å². The van der Waals surface area contributed by atoms with E-state index in [0.29, 0.717) is 17.1 Å². The average Bonchev–Trinajstić information content (AvgIpc) is 2.78. The van der Waals surface area contributed by atoms with Crippen LogP contribution in [-0.4, -0.2) is 27.1 Å². The summed E-state index contributed by atoms with van der Waals surface area (Å²) in [5.74, 6) is 0.0906. The van der Waals surface area contributed by atoms with E-state index in [4.69, 9.17) is 4.74 Å². The van der Waals surface area contributed by atoms with Crippen molar-refractivity contribution in [2.24, 2.45) is 5.10 Å². The standard InChI is InChI=1S/C22H20BrN3O4S/c1-15(20-8-3-4-9-21(20)23)24-25-22(27)16-6-5-7-19(14-16)31(28,29)26-17-10-12-18(30-2)13-11-17/h3-14,26H,1-2H3,(H,25,27). The van der Waals surface area contributed by atoms with Crippen LogP contribution in [0.25, 0.3) is 0 Å². The zero-order valence-electron chi connectivity index (χ0n) is 16.8. The van der Waals surface area contributed by atoms with Gasteiger partial charge >= 0.3 is 0 Å². The number of hydrogen-bond acceptors (Lipinski definition) is 5. The van der Waals surface area contributed by atoms with Gasteiger partial charge < -0.3 is 4.74 Å². The number of benzene rings is 3. The van der Waals surface area contributed by atoms with Crippen molar-refractivity contribution >= 4 is 43.3 Å². The summed E-state index contributed by atoms with van der Waals surface area (Å²) >= 11 is 3.44. The fourth-order valence-electron chi connectivity index (χ4n) is 2.69. The SMILES string of the molecule is COc1ccc(NS(=O)(=O)c2cccc(C(=O)NN=C(C)c3ccccc3Br)c2)cc1. The van der Waals surface area contributed by atoms with Crippen LogP contribution in [0.5, 0.6) is 5.75 Å². The van der Waals surface area contributed by atoms with Crippen molar-refractivity contribution in [2.75, 3.05) is 11.8 Å². The van der Waals surface area contributed by atoms with Crippen LogP contribution < -0.4 is 14.9 Å². The maximum atomic E-state index is 12.7. The summed E-state index contributed by atoms with van der Waals surface area (Å²) in [5, 5.41) is 4.12. The molecule has 3 rings (SSSR count). The number of anilines is 1. The van der Waals surface area contributed by atoms with E-state index in [1.165, 1.54) is 31.4 Å². The van der Waals surface area contributed by atoms with E-state index in [-0.39, 0.29) is 10.5 Å². The Kier molecular flexibility index (Phi) is 7.09. The van der Waals surface area contributed by atoms with E-state index in [1.807, 2.05) is 24.3 Å². The summed E-state index contributed by atoms with van der Waals surface area (Å²) in [6.07, 6.45) is 0. The zero-order chi connectivity index (χ0) is 22.4. The first-order chi connectivity index (χ1) is 14.8. The maximum Gasteiger partial charge on any atom is 0.271 e. The molecule has 31 heavy (non-hydrogen) atoms. The Balaban J connectivity index is 1.76. The van der Waals surface area contributed by atoms with Gasteiger partial charge in [-0.05, 0) is 55.5 Å². The van der Waals surface area contributed by atoms with Crippen molar-refractivity contribution in [1.82, 2.24) is 5.43 Å². The molecule has 2 N–H and O–H groups in total. The molecular weight excluding hydrogens is 482 g/mol. The first-order valence-corrected chi connectivity index (χ1v) is 11.4. The highest BCUT2D eigenvalue weighted by Crippen LogP contribution is 2.20. The fraction of sp³-hybridized carbons (Fsp3) is 0.0909. The normalized spacial score (nSPS) is 11.6. The van der Waals surface area contributed by atoms with Crippen LogP contribution in [0.15, 0.2) is 87.3 Å². The number of carbonyl (C=O) groups excluding carboxylic acids is 1. The number of carbonyl (C=O) groups is 1. The predicted octanol–water partition coefficient (Wildman–Crippen LogP) is 4.41. The van der Waals surface area contributed by atoms with Gasteiger partial charge in [-0.15, -0.1) is 0 Å².